The highest BCUT2D eigenvalue weighted by molar-refractivity contribution is 6.02. The maximum absolute atomic E-state index is 12.1. The van der Waals surface area contributed by atoms with Gasteiger partial charge in [-0.2, -0.15) is 4.98 Å². The summed E-state index contributed by atoms with van der Waals surface area (Å²) >= 11 is 0. The van der Waals surface area contributed by atoms with Gasteiger partial charge in [-0.3, -0.25) is 4.79 Å². The summed E-state index contributed by atoms with van der Waals surface area (Å²) in [7, 11) is 0. The quantitative estimate of drug-likeness (QED) is 0.680. The third kappa shape index (κ3) is 4.69. The van der Waals surface area contributed by atoms with Crippen molar-refractivity contribution in [3.05, 3.63) is 53.5 Å². The molecule has 4 rings (SSSR count). The Labute approximate surface area is 168 Å². The first-order chi connectivity index (χ1) is 14.1. The number of morpholine rings is 1. The van der Waals surface area contributed by atoms with Crippen molar-refractivity contribution in [2.45, 2.75) is 13.8 Å². The highest BCUT2D eigenvalue weighted by Gasteiger charge is 2.15. The largest absolute Gasteiger partial charge is 0.378 e. The number of nitrogens with zero attached hydrogens (tertiary/aromatic N) is 4. The summed E-state index contributed by atoms with van der Waals surface area (Å²) in [6.45, 7) is 6.61. The monoisotopic (exact) mass is 394 g/mol. The van der Waals surface area contributed by atoms with Gasteiger partial charge in [-0.25, -0.2) is 4.98 Å². The van der Waals surface area contributed by atoms with Crippen LogP contribution in [0.4, 0.5) is 23.1 Å². The number of amides is 1. The Bertz CT molecular complexity index is 996. The second-order valence-corrected chi connectivity index (χ2v) is 6.77. The third-order valence-electron chi connectivity index (χ3n) is 4.41. The van der Waals surface area contributed by atoms with Gasteiger partial charge >= 0.3 is 0 Å². The van der Waals surface area contributed by atoms with Gasteiger partial charge in [0.05, 0.1) is 13.2 Å². The molecule has 9 nitrogen and oxygen atoms in total. The number of aromatic nitrogens is 3. The molecule has 2 N–H and O–H groups in total. The van der Waals surface area contributed by atoms with E-state index in [4.69, 9.17) is 9.26 Å². The first-order valence-corrected chi connectivity index (χ1v) is 9.37. The van der Waals surface area contributed by atoms with Crippen LogP contribution >= 0.6 is 0 Å². The molecule has 3 heterocycles. The van der Waals surface area contributed by atoms with E-state index in [0.29, 0.717) is 36.4 Å². The lowest BCUT2D eigenvalue weighted by atomic mass is 10.2. The van der Waals surface area contributed by atoms with Gasteiger partial charge < -0.3 is 24.8 Å². The summed E-state index contributed by atoms with van der Waals surface area (Å²) in [5.41, 5.74) is 2.65. The minimum Gasteiger partial charge on any atom is -0.378 e. The van der Waals surface area contributed by atoms with Gasteiger partial charge in [-0.1, -0.05) is 5.16 Å². The minimum atomic E-state index is -0.316. The molecule has 0 bridgehead atoms. The Morgan fingerprint density at radius 1 is 1.03 bits per heavy atom. The molecule has 0 unspecified atom stereocenters. The van der Waals surface area contributed by atoms with Crippen molar-refractivity contribution < 1.29 is 14.1 Å². The molecule has 2 aromatic heterocycles. The van der Waals surface area contributed by atoms with Gasteiger partial charge in [-0.05, 0) is 38.1 Å². The van der Waals surface area contributed by atoms with Crippen LogP contribution in [0.2, 0.25) is 0 Å². The van der Waals surface area contributed by atoms with Crippen molar-refractivity contribution in [3.8, 4) is 0 Å². The van der Waals surface area contributed by atoms with Crippen LogP contribution in [0.25, 0.3) is 0 Å². The second-order valence-electron chi connectivity index (χ2n) is 6.77. The SMILES string of the molecule is Cc1cc(Nc2ccc(NC(=O)c3cc(C)on3)cc2)nc(N2CCOCC2)n1. The number of anilines is 4. The highest BCUT2D eigenvalue weighted by atomic mass is 16.5. The van der Waals surface area contributed by atoms with E-state index in [1.807, 2.05) is 37.3 Å². The number of benzene rings is 1. The lowest BCUT2D eigenvalue weighted by Crippen LogP contribution is -2.37. The molecular weight excluding hydrogens is 372 g/mol. The Morgan fingerprint density at radius 3 is 2.45 bits per heavy atom. The summed E-state index contributed by atoms with van der Waals surface area (Å²) in [4.78, 5) is 23.4. The van der Waals surface area contributed by atoms with E-state index in [9.17, 15) is 4.79 Å². The zero-order chi connectivity index (χ0) is 20.2. The topological polar surface area (TPSA) is 105 Å². The smallest absolute Gasteiger partial charge is 0.277 e. The molecule has 0 radical (unpaired) electrons. The molecule has 1 fully saturated rings. The van der Waals surface area contributed by atoms with Crippen molar-refractivity contribution in [2.75, 3.05) is 41.8 Å². The van der Waals surface area contributed by atoms with E-state index >= 15 is 0 Å². The molecule has 3 aromatic rings. The van der Waals surface area contributed by atoms with Crippen LogP contribution in [0.1, 0.15) is 21.9 Å². The maximum atomic E-state index is 12.1. The zero-order valence-electron chi connectivity index (χ0n) is 16.3. The molecule has 29 heavy (non-hydrogen) atoms. The molecule has 1 aliphatic heterocycles. The molecule has 1 amide bonds. The first-order valence-electron chi connectivity index (χ1n) is 9.37. The average Bonchev–Trinajstić information content (AvgIpc) is 3.16. The van der Waals surface area contributed by atoms with Gasteiger partial charge in [0.25, 0.3) is 5.91 Å². The predicted molar refractivity (Wildman–Crippen MR) is 109 cm³/mol. The van der Waals surface area contributed by atoms with Gasteiger partial charge in [-0.15, -0.1) is 0 Å². The van der Waals surface area contributed by atoms with Gasteiger partial charge in [0.15, 0.2) is 5.69 Å². The maximum Gasteiger partial charge on any atom is 0.277 e. The standard InChI is InChI=1S/C20H22N6O3/c1-13-11-18(24-20(21-13)26-7-9-28-10-8-26)22-15-3-5-16(6-4-15)23-19(27)17-12-14(2)29-25-17/h3-6,11-12H,7-10H2,1-2H3,(H,23,27)(H,21,22,24). The third-order valence-corrected chi connectivity index (χ3v) is 4.41. The Morgan fingerprint density at radius 2 is 1.76 bits per heavy atom. The fourth-order valence-corrected chi connectivity index (χ4v) is 2.98. The number of aryl methyl sites for hydroxylation is 2. The van der Waals surface area contributed by atoms with Crippen molar-refractivity contribution >= 4 is 29.0 Å². The van der Waals surface area contributed by atoms with E-state index in [2.05, 4.69) is 30.7 Å². The van der Waals surface area contributed by atoms with Gasteiger partial charge in [0, 0.05) is 42.3 Å². The van der Waals surface area contributed by atoms with Gasteiger partial charge in [0.2, 0.25) is 5.95 Å². The van der Waals surface area contributed by atoms with E-state index in [0.717, 1.165) is 24.5 Å². The first kappa shape index (κ1) is 18.9. The number of hydrogen-bond acceptors (Lipinski definition) is 8. The molecule has 0 saturated carbocycles. The van der Waals surface area contributed by atoms with Crippen molar-refractivity contribution in [1.29, 1.82) is 0 Å². The highest BCUT2D eigenvalue weighted by Crippen LogP contribution is 2.21. The normalized spacial score (nSPS) is 13.9. The summed E-state index contributed by atoms with van der Waals surface area (Å²) < 4.78 is 10.3. The molecule has 1 aromatic carbocycles. The number of carbonyl (C=O) groups is 1. The zero-order valence-corrected chi connectivity index (χ0v) is 16.3. The van der Waals surface area contributed by atoms with Crippen LogP contribution in [-0.4, -0.2) is 47.3 Å². The molecular formula is C20H22N6O3. The fraction of sp³-hybridized carbons (Fsp3) is 0.300. The molecule has 1 aliphatic rings. The second kappa shape index (κ2) is 8.27. The minimum absolute atomic E-state index is 0.247. The Balaban J connectivity index is 1.43. The summed E-state index contributed by atoms with van der Waals surface area (Å²) in [5.74, 6) is 1.69. The average molecular weight is 394 g/mol. The van der Waals surface area contributed by atoms with E-state index < -0.39 is 0 Å². The molecule has 0 atom stereocenters. The Kier molecular flexibility index (Phi) is 5.39. The van der Waals surface area contributed by atoms with Crippen LogP contribution < -0.4 is 15.5 Å². The summed E-state index contributed by atoms with van der Waals surface area (Å²) in [5, 5.41) is 9.80. The van der Waals surface area contributed by atoms with Crippen molar-refractivity contribution in [2.24, 2.45) is 0 Å². The van der Waals surface area contributed by atoms with E-state index in [1.165, 1.54) is 0 Å². The van der Waals surface area contributed by atoms with Crippen LogP contribution in [0.3, 0.4) is 0 Å². The molecule has 9 heteroatoms. The Hall–Kier alpha value is -3.46. The number of hydrogen-bond donors (Lipinski definition) is 2. The number of carbonyl (C=O) groups excluding carboxylic acids is 1. The van der Waals surface area contributed by atoms with E-state index in [-0.39, 0.29) is 11.6 Å². The number of ether oxygens (including phenoxy) is 1. The van der Waals surface area contributed by atoms with E-state index in [1.54, 1.807) is 13.0 Å². The molecule has 0 aliphatic carbocycles. The lowest BCUT2D eigenvalue weighted by molar-refractivity contribution is 0.101. The molecule has 150 valence electrons. The van der Waals surface area contributed by atoms with Crippen molar-refractivity contribution in [1.82, 2.24) is 15.1 Å². The fourth-order valence-electron chi connectivity index (χ4n) is 2.98. The number of rotatable bonds is 5. The van der Waals surface area contributed by atoms with Crippen LogP contribution in [0.5, 0.6) is 0 Å². The predicted octanol–water partition coefficient (Wildman–Crippen LogP) is 2.91. The van der Waals surface area contributed by atoms with Gasteiger partial charge in [0.1, 0.15) is 11.6 Å². The van der Waals surface area contributed by atoms with Crippen LogP contribution in [-0.2, 0) is 4.74 Å². The molecule has 1 saturated heterocycles. The lowest BCUT2D eigenvalue weighted by Gasteiger charge is -2.27. The van der Waals surface area contributed by atoms with Crippen LogP contribution in [0.15, 0.2) is 40.9 Å². The van der Waals surface area contributed by atoms with Crippen molar-refractivity contribution in [3.63, 3.8) is 0 Å². The molecule has 0 spiro atoms. The number of nitrogens with one attached hydrogen (secondary N) is 2. The summed E-state index contributed by atoms with van der Waals surface area (Å²) in [6.07, 6.45) is 0. The summed E-state index contributed by atoms with van der Waals surface area (Å²) in [6, 6.07) is 10.8. The van der Waals surface area contributed by atoms with Crippen LogP contribution in [0, 0.1) is 13.8 Å².